The van der Waals surface area contributed by atoms with E-state index in [4.69, 9.17) is 0 Å². The molecule has 1 nitrogen and oxygen atoms in total. The molecule has 90 valence electrons. The van der Waals surface area contributed by atoms with Crippen LogP contribution < -0.4 is 5.32 Å². The quantitative estimate of drug-likeness (QED) is 0.782. The molecule has 1 heterocycles. The molecule has 0 amide bonds. The number of rotatable bonds is 4. The Labute approximate surface area is 123 Å². The minimum Gasteiger partial charge on any atom is -0.305 e. The van der Waals surface area contributed by atoms with E-state index in [-0.39, 0.29) is 0 Å². The fourth-order valence-corrected chi connectivity index (χ4v) is 3.45. The molecule has 1 N–H and O–H groups in total. The molecule has 0 saturated carbocycles. The molecule has 0 saturated heterocycles. The summed E-state index contributed by atoms with van der Waals surface area (Å²) in [6.45, 7) is 3.09. The number of benzene rings is 1. The molecule has 0 unspecified atom stereocenters. The maximum atomic E-state index is 3.52. The molecule has 1 aromatic heterocycles. The summed E-state index contributed by atoms with van der Waals surface area (Å²) in [4.78, 5) is 1.35. The smallest absolute Gasteiger partial charge is 0.0701 e. The summed E-state index contributed by atoms with van der Waals surface area (Å²) in [6, 6.07) is 13.0. The van der Waals surface area contributed by atoms with E-state index in [1.54, 1.807) is 11.3 Å². The van der Waals surface area contributed by atoms with Crippen molar-refractivity contribution in [2.75, 3.05) is 0 Å². The SMILES string of the molecule is C[C@H](NCc1ccc(Br)s1)c1cccc(Br)c1. The predicted octanol–water partition coefficient (Wildman–Crippen LogP) is 5.12. The zero-order valence-electron chi connectivity index (χ0n) is 9.41. The Hall–Kier alpha value is -0.160. The van der Waals surface area contributed by atoms with E-state index in [2.05, 4.69) is 74.4 Å². The molecule has 17 heavy (non-hydrogen) atoms. The van der Waals surface area contributed by atoms with Crippen molar-refractivity contribution in [1.82, 2.24) is 5.32 Å². The van der Waals surface area contributed by atoms with Crippen molar-refractivity contribution in [1.29, 1.82) is 0 Å². The molecule has 0 bridgehead atoms. The third-order valence-corrected chi connectivity index (χ3v) is 4.68. The van der Waals surface area contributed by atoms with Crippen molar-refractivity contribution in [2.24, 2.45) is 0 Å². The lowest BCUT2D eigenvalue weighted by molar-refractivity contribution is 0.578. The first-order valence-electron chi connectivity index (χ1n) is 5.38. The molecule has 1 atom stereocenters. The maximum Gasteiger partial charge on any atom is 0.0701 e. The molecular weight excluding hydrogens is 362 g/mol. The molecule has 0 spiro atoms. The van der Waals surface area contributed by atoms with Crippen molar-refractivity contribution in [3.63, 3.8) is 0 Å². The number of hydrogen-bond acceptors (Lipinski definition) is 2. The van der Waals surface area contributed by atoms with E-state index in [1.165, 1.54) is 14.2 Å². The molecule has 1 aromatic carbocycles. The highest BCUT2D eigenvalue weighted by Crippen LogP contribution is 2.23. The number of nitrogens with one attached hydrogen (secondary N) is 1. The van der Waals surface area contributed by atoms with Gasteiger partial charge in [-0.05, 0) is 52.7 Å². The van der Waals surface area contributed by atoms with Gasteiger partial charge in [-0.15, -0.1) is 11.3 Å². The lowest BCUT2D eigenvalue weighted by atomic mass is 10.1. The molecule has 2 rings (SSSR count). The van der Waals surface area contributed by atoms with E-state index in [9.17, 15) is 0 Å². The summed E-state index contributed by atoms with van der Waals surface area (Å²) >= 11 is 8.75. The van der Waals surface area contributed by atoms with Gasteiger partial charge in [-0.2, -0.15) is 0 Å². The first kappa shape index (κ1) is 13.3. The van der Waals surface area contributed by atoms with Gasteiger partial charge in [-0.1, -0.05) is 28.1 Å². The number of thiophene rings is 1. The zero-order chi connectivity index (χ0) is 12.3. The summed E-state index contributed by atoms with van der Waals surface area (Å²) in [5.74, 6) is 0. The van der Waals surface area contributed by atoms with Gasteiger partial charge in [0, 0.05) is 21.9 Å². The Morgan fingerprint density at radius 3 is 2.71 bits per heavy atom. The fourth-order valence-electron chi connectivity index (χ4n) is 1.59. The van der Waals surface area contributed by atoms with Gasteiger partial charge < -0.3 is 5.32 Å². The van der Waals surface area contributed by atoms with Crippen molar-refractivity contribution >= 4 is 43.2 Å². The topological polar surface area (TPSA) is 12.0 Å². The highest BCUT2D eigenvalue weighted by molar-refractivity contribution is 9.11. The van der Waals surface area contributed by atoms with Crippen LogP contribution in [0.15, 0.2) is 44.7 Å². The predicted molar refractivity (Wildman–Crippen MR) is 81.4 cm³/mol. The van der Waals surface area contributed by atoms with E-state index in [0.717, 1.165) is 11.0 Å². The molecule has 2 aromatic rings. The molecule has 4 heteroatoms. The van der Waals surface area contributed by atoms with Crippen LogP contribution in [0.3, 0.4) is 0 Å². The van der Waals surface area contributed by atoms with Gasteiger partial charge in [0.1, 0.15) is 0 Å². The largest absolute Gasteiger partial charge is 0.305 e. The summed E-state index contributed by atoms with van der Waals surface area (Å²) in [6.07, 6.45) is 0. The number of hydrogen-bond donors (Lipinski definition) is 1. The normalized spacial score (nSPS) is 12.6. The van der Waals surface area contributed by atoms with Crippen LogP contribution in [0.4, 0.5) is 0 Å². The first-order valence-corrected chi connectivity index (χ1v) is 7.78. The van der Waals surface area contributed by atoms with Crippen LogP contribution in [-0.4, -0.2) is 0 Å². The van der Waals surface area contributed by atoms with Crippen LogP contribution >= 0.6 is 43.2 Å². The van der Waals surface area contributed by atoms with Gasteiger partial charge in [0.05, 0.1) is 3.79 Å². The van der Waals surface area contributed by atoms with Crippen molar-refractivity contribution < 1.29 is 0 Å². The Kier molecular flexibility index (Phi) is 4.79. The molecule has 0 aliphatic rings. The second-order valence-electron chi connectivity index (χ2n) is 3.86. The maximum absolute atomic E-state index is 3.52. The highest BCUT2D eigenvalue weighted by atomic mass is 79.9. The van der Waals surface area contributed by atoms with Crippen molar-refractivity contribution in [3.05, 3.63) is 55.1 Å². The van der Waals surface area contributed by atoms with E-state index < -0.39 is 0 Å². The minimum absolute atomic E-state index is 0.355. The van der Waals surface area contributed by atoms with E-state index in [1.807, 2.05) is 6.07 Å². The van der Waals surface area contributed by atoms with Crippen LogP contribution in [0.25, 0.3) is 0 Å². The van der Waals surface area contributed by atoms with Crippen LogP contribution in [0.5, 0.6) is 0 Å². The minimum atomic E-state index is 0.355. The summed E-state index contributed by atoms with van der Waals surface area (Å²) in [7, 11) is 0. The fraction of sp³-hybridized carbons (Fsp3) is 0.231. The Balaban J connectivity index is 1.95. The van der Waals surface area contributed by atoms with Gasteiger partial charge in [0.15, 0.2) is 0 Å². The van der Waals surface area contributed by atoms with E-state index >= 15 is 0 Å². The molecule has 0 radical (unpaired) electrons. The van der Waals surface area contributed by atoms with Crippen molar-refractivity contribution in [3.8, 4) is 0 Å². The summed E-state index contributed by atoms with van der Waals surface area (Å²) < 4.78 is 2.31. The lowest BCUT2D eigenvalue weighted by Crippen LogP contribution is -2.17. The van der Waals surface area contributed by atoms with Crippen LogP contribution in [0, 0.1) is 0 Å². The van der Waals surface area contributed by atoms with Crippen LogP contribution in [0.1, 0.15) is 23.4 Å². The van der Waals surface area contributed by atoms with Gasteiger partial charge in [-0.3, -0.25) is 0 Å². The van der Waals surface area contributed by atoms with Gasteiger partial charge in [0.2, 0.25) is 0 Å². The Bertz CT molecular complexity index is 496. The molecular formula is C13H13Br2NS. The second kappa shape index (κ2) is 6.14. The number of halogens is 2. The summed E-state index contributed by atoms with van der Waals surface area (Å²) in [5.41, 5.74) is 1.30. The molecule has 0 aliphatic carbocycles. The third kappa shape index (κ3) is 3.91. The standard InChI is InChI=1S/C13H13Br2NS/c1-9(10-3-2-4-11(14)7-10)16-8-12-5-6-13(15)17-12/h2-7,9,16H,8H2,1H3/t9-/m0/s1. The molecule has 0 fully saturated rings. The average Bonchev–Trinajstić information content (AvgIpc) is 2.72. The highest BCUT2D eigenvalue weighted by Gasteiger charge is 2.05. The van der Waals surface area contributed by atoms with Crippen LogP contribution in [-0.2, 0) is 6.54 Å². The first-order chi connectivity index (χ1) is 8.15. The monoisotopic (exact) mass is 373 g/mol. The van der Waals surface area contributed by atoms with Crippen molar-refractivity contribution in [2.45, 2.75) is 19.5 Å². The van der Waals surface area contributed by atoms with Gasteiger partial charge in [-0.25, -0.2) is 0 Å². The van der Waals surface area contributed by atoms with Crippen LogP contribution in [0.2, 0.25) is 0 Å². The van der Waals surface area contributed by atoms with Gasteiger partial charge >= 0.3 is 0 Å². The van der Waals surface area contributed by atoms with E-state index in [0.29, 0.717) is 6.04 Å². The lowest BCUT2D eigenvalue weighted by Gasteiger charge is -2.13. The third-order valence-electron chi connectivity index (χ3n) is 2.56. The Morgan fingerprint density at radius 1 is 1.24 bits per heavy atom. The average molecular weight is 375 g/mol. The Morgan fingerprint density at radius 2 is 2.06 bits per heavy atom. The van der Waals surface area contributed by atoms with Gasteiger partial charge in [0.25, 0.3) is 0 Å². The summed E-state index contributed by atoms with van der Waals surface area (Å²) in [5, 5.41) is 3.52. The molecule has 0 aliphatic heterocycles. The second-order valence-corrected chi connectivity index (χ2v) is 7.33. The zero-order valence-corrected chi connectivity index (χ0v) is 13.4.